The van der Waals surface area contributed by atoms with Gasteiger partial charge in [0.2, 0.25) is 0 Å². The zero-order valence-electron chi connectivity index (χ0n) is 12.1. The summed E-state index contributed by atoms with van der Waals surface area (Å²) in [7, 11) is 3.09. The number of nitrogens with zero attached hydrogens (tertiary/aromatic N) is 1. The van der Waals surface area contributed by atoms with Crippen molar-refractivity contribution in [2.24, 2.45) is 0 Å². The molecule has 5 heteroatoms. The molecule has 2 aromatic rings. The molecule has 3 nitrogen and oxygen atoms in total. The molecular weight excluding hydrogens is 349 g/mol. The number of rotatable bonds is 4. The van der Waals surface area contributed by atoms with Gasteiger partial charge in [-0.2, -0.15) is 5.26 Å². The van der Waals surface area contributed by atoms with Gasteiger partial charge in [-0.05, 0) is 45.8 Å². The Labute approximate surface area is 136 Å². The van der Waals surface area contributed by atoms with E-state index in [0.29, 0.717) is 28.2 Å². The number of ether oxygens (including phenoxy) is 2. The van der Waals surface area contributed by atoms with Crippen molar-refractivity contribution in [1.29, 1.82) is 5.26 Å². The quantitative estimate of drug-likeness (QED) is 0.586. The normalized spacial score (nSPS) is 11.0. The first-order valence-corrected chi connectivity index (χ1v) is 7.17. The van der Waals surface area contributed by atoms with Crippen LogP contribution in [0.2, 0.25) is 0 Å². The SMILES string of the molecule is COc1cc(OC)c(C=C(C#N)c2cccc(F)c2)cc1Br. The predicted octanol–water partition coefficient (Wildman–Crippen LogP) is 4.67. The van der Waals surface area contributed by atoms with E-state index in [2.05, 4.69) is 22.0 Å². The smallest absolute Gasteiger partial charge is 0.136 e. The second kappa shape index (κ2) is 7.10. The third-order valence-electron chi connectivity index (χ3n) is 3.06. The molecule has 0 saturated carbocycles. The van der Waals surface area contributed by atoms with Gasteiger partial charge in [-0.3, -0.25) is 0 Å². The molecule has 0 atom stereocenters. The highest BCUT2D eigenvalue weighted by molar-refractivity contribution is 9.10. The van der Waals surface area contributed by atoms with Crippen molar-refractivity contribution in [3.8, 4) is 17.6 Å². The van der Waals surface area contributed by atoms with Gasteiger partial charge in [0.05, 0.1) is 30.3 Å². The molecule has 2 rings (SSSR count). The van der Waals surface area contributed by atoms with Gasteiger partial charge in [-0.25, -0.2) is 4.39 Å². The van der Waals surface area contributed by atoms with E-state index in [1.807, 2.05) is 0 Å². The molecule has 0 aliphatic rings. The molecule has 0 unspecified atom stereocenters. The second-order valence-corrected chi connectivity index (χ2v) is 5.26. The van der Waals surface area contributed by atoms with Gasteiger partial charge < -0.3 is 9.47 Å². The fraction of sp³-hybridized carbons (Fsp3) is 0.118. The van der Waals surface area contributed by atoms with Crippen molar-refractivity contribution in [2.45, 2.75) is 0 Å². The Bertz CT molecular complexity index is 766. The molecule has 0 aliphatic carbocycles. The molecule has 0 amide bonds. The Morgan fingerprint density at radius 1 is 1.18 bits per heavy atom. The Morgan fingerprint density at radius 3 is 2.50 bits per heavy atom. The zero-order chi connectivity index (χ0) is 16.1. The van der Waals surface area contributed by atoms with Crippen LogP contribution < -0.4 is 9.47 Å². The van der Waals surface area contributed by atoms with Crippen molar-refractivity contribution in [3.63, 3.8) is 0 Å². The maximum absolute atomic E-state index is 13.3. The van der Waals surface area contributed by atoms with E-state index in [1.165, 1.54) is 19.2 Å². The van der Waals surface area contributed by atoms with Crippen LogP contribution >= 0.6 is 15.9 Å². The lowest BCUT2D eigenvalue weighted by Gasteiger charge is -2.10. The number of halogens is 2. The Hall–Kier alpha value is -2.32. The molecule has 2 aromatic carbocycles. The van der Waals surface area contributed by atoms with Crippen LogP contribution in [0.25, 0.3) is 11.6 Å². The molecule has 0 saturated heterocycles. The number of nitriles is 1. The van der Waals surface area contributed by atoms with Crippen LogP contribution in [0, 0.1) is 17.1 Å². The van der Waals surface area contributed by atoms with E-state index in [0.717, 1.165) is 4.47 Å². The van der Waals surface area contributed by atoms with E-state index in [1.54, 1.807) is 37.5 Å². The molecule has 0 N–H and O–H groups in total. The molecule has 22 heavy (non-hydrogen) atoms. The molecule has 112 valence electrons. The van der Waals surface area contributed by atoms with Crippen molar-refractivity contribution in [1.82, 2.24) is 0 Å². The third kappa shape index (κ3) is 3.46. The number of benzene rings is 2. The second-order valence-electron chi connectivity index (χ2n) is 4.41. The molecule has 0 fully saturated rings. The summed E-state index contributed by atoms with van der Waals surface area (Å²) in [6.45, 7) is 0. The molecule has 0 radical (unpaired) electrons. The highest BCUT2D eigenvalue weighted by atomic mass is 79.9. The number of hydrogen-bond acceptors (Lipinski definition) is 3. The summed E-state index contributed by atoms with van der Waals surface area (Å²) >= 11 is 3.40. The summed E-state index contributed by atoms with van der Waals surface area (Å²) in [6, 6.07) is 11.5. The highest BCUT2D eigenvalue weighted by Crippen LogP contribution is 2.34. The number of methoxy groups -OCH3 is 2. The first-order valence-electron chi connectivity index (χ1n) is 6.38. The van der Waals surface area contributed by atoms with Crippen LogP contribution in [0.5, 0.6) is 11.5 Å². The van der Waals surface area contributed by atoms with Crippen LogP contribution in [0.1, 0.15) is 11.1 Å². The lowest BCUT2D eigenvalue weighted by Crippen LogP contribution is -1.92. The predicted molar refractivity (Wildman–Crippen MR) is 87.1 cm³/mol. The van der Waals surface area contributed by atoms with Gasteiger partial charge in [-0.1, -0.05) is 12.1 Å². The van der Waals surface area contributed by atoms with Crippen LogP contribution in [-0.2, 0) is 0 Å². The van der Waals surface area contributed by atoms with Gasteiger partial charge in [0.15, 0.2) is 0 Å². The fourth-order valence-corrected chi connectivity index (χ4v) is 2.51. The van der Waals surface area contributed by atoms with Crippen molar-refractivity contribution in [3.05, 3.63) is 57.8 Å². The van der Waals surface area contributed by atoms with Crippen LogP contribution in [0.15, 0.2) is 40.9 Å². The molecule has 0 aliphatic heterocycles. The van der Waals surface area contributed by atoms with E-state index in [9.17, 15) is 9.65 Å². The first-order chi connectivity index (χ1) is 10.6. The van der Waals surface area contributed by atoms with Crippen LogP contribution in [0.3, 0.4) is 0 Å². The minimum absolute atomic E-state index is 0.342. The number of allylic oxidation sites excluding steroid dienone is 1. The minimum atomic E-state index is -0.387. The summed E-state index contributed by atoms with van der Waals surface area (Å²) in [5, 5.41) is 9.35. The lowest BCUT2D eigenvalue weighted by atomic mass is 10.0. The van der Waals surface area contributed by atoms with Crippen molar-refractivity contribution < 1.29 is 13.9 Å². The van der Waals surface area contributed by atoms with Gasteiger partial charge in [0, 0.05) is 11.6 Å². The summed E-state index contributed by atoms with van der Waals surface area (Å²) in [5.41, 5.74) is 1.54. The topological polar surface area (TPSA) is 42.2 Å². The molecule has 0 spiro atoms. The van der Waals surface area contributed by atoms with Crippen molar-refractivity contribution >= 4 is 27.6 Å². The molecule has 0 bridgehead atoms. The summed E-state index contributed by atoms with van der Waals surface area (Å²) in [5.74, 6) is 0.795. The van der Waals surface area contributed by atoms with Crippen LogP contribution in [-0.4, -0.2) is 14.2 Å². The zero-order valence-corrected chi connectivity index (χ0v) is 13.6. The lowest BCUT2D eigenvalue weighted by molar-refractivity contribution is 0.392. The first kappa shape index (κ1) is 16.1. The largest absolute Gasteiger partial charge is 0.496 e. The Balaban J connectivity index is 2.55. The summed E-state index contributed by atoms with van der Waals surface area (Å²) < 4.78 is 24.6. The third-order valence-corrected chi connectivity index (χ3v) is 3.68. The van der Waals surface area contributed by atoms with E-state index in [4.69, 9.17) is 9.47 Å². The van der Waals surface area contributed by atoms with Crippen LogP contribution in [0.4, 0.5) is 4.39 Å². The van der Waals surface area contributed by atoms with Gasteiger partial charge in [-0.15, -0.1) is 0 Å². The maximum Gasteiger partial charge on any atom is 0.136 e. The number of hydrogen-bond donors (Lipinski definition) is 0. The average molecular weight is 362 g/mol. The minimum Gasteiger partial charge on any atom is -0.496 e. The Morgan fingerprint density at radius 2 is 1.91 bits per heavy atom. The van der Waals surface area contributed by atoms with Gasteiger partial charge in [0.25, 0.3) is 0 Å². The average Bonchev–Trinajstić information content (AvgIpc) is 2.52. The Kier molecular flexibility index (Phi) is 5.18. The standard InChI is InChI=1S/C17H13BrFNO2/c1-21-16-9-17(22-2)15(18)8-12(16)6-13(10-20)11-4-3-5-14(19)7-11/h3-9H,1-2H3. The van der Waals surface area contributed by atoms with Gasteiger partial charge in [0.1, 0.15) is 17.3 Å². The molecular formula is C17H13BrFNO2. The highest BCUT2D eigenvalue weighted by Gasteiger charge is 2.10. The monoisotopic (exact) mass is 361 g/mol. The summed E-state index contributed by atoms with van der Waals surface area (Å²) in [4.78, 5) is 0. The van der Waals surface area contributed by atoms with Crippen molar-refractivity contribution in [2.75, 3.05) is 14.2 Å². The summed E-state index contributed by atoms with van der Waals surface area (Å²) in [6.07, 6.45) is 1.65. The fourth-order valence-electron chi connectivity index (χ4n) is 1.99. The van der Waals surface area contributed by atoms with E-state index < -0.39 is 0 Å². The van der Waals surface area contributed by atoms with E-state index in [-0.39, 0.29) is 5.82 Å². The maximum atomic E-state index is 13.3. The van der Waals surface area contributed by atoms with Gasteiger partial charge >= 0.3 is 0 Å². The molecule has 0 heterocycles. The van der Waals surface area contributed by atoms with E-state index >= 15 is 0 Å². The molecule has 0 aromatic heterocycles.